The van der Waals surface area contributed by atoms with Gasteiger partial charge in [-0.3, -0.25) is 4.79 Å². The number of rotatable bonds is 4. The molecule has 0 atom stereocenters. The minimum atomic E-state index is -0.734. The van der Waals surface area contributed by atoms with Crippen molar-refractivity contribution in [3.05, 3.63) is 46.2 Å². The first-order chi connectivity index (χ1) is 11.5. The number of hydrogen-bond donors (Lipinski definition) is 1. The molecule has 3 rings (SSSR count). The number of hydrogen-bond acceptors (Lipinski definition) is 6. The molecule has 1 N–H and O–H groups in total. The molecule has 9 heteroatoms. The third-order valence-electron chi connectivity index (χ3n) is 3.02. The lowest BCUT2D eigenvalue weighted by Crippen LogP contribution is -2.21. The number of aromatic nitrogens is 1. The van der Waals surface area contributed by atoms with Gasteiger partial charge in [0.2, 0.25) is 6.79 Å². The SMILES string of the molecule is O=C(COC(=O)c1cnc(Cl)c(Cl)c1)Nc1ccc2c(c1)OCO2. The van der Waals surface area contributed by atoms with Gasteiger partial charge < -0.3 is 19.5 Å². The highest BCUT2D eigenvalue weighted by molar-refractivity contribution is 6.41. The second-order valence-corrected chi connectivity index (χ2v) is 5.45. The summed E-state index contributed by atoms with van der Waals surface area (Å²) in [5.74, 6) is -0.102. The molecule has 0 radical (unpaired) electrons. The van der Waals surface area contributed by atoms with E-state index in [4.69, 9.17) is 37.4 Å². The normalized spacial score (nSPS) is 11.9. The number of halogens is 2. The van der Waals surface area contributed by atoms with E-state index >= 15 is 0 Å². The minimum Gasteiger partial charge on any atom is -0.454 e. The summed E-state index contributed by atoms with van der Waals surface area (Å²) in [4.78, 5) is 27.4. The van der Waals surface area contributed by atoms with Gasteiger partial charge in [0.1, 0.15) is 5.15 Å². The van der Waals surface area contributed by atoms with Crippen molar-refractivity contribution < 1.29 is 23.8 Å². The minimum absolute atomic E-state index is 0.0776. The van der Waals surface area contributed by atoms with E-state index in [1.807, 2.05) is 0 Å². The van der Waals surface area contributed by atoms with Gasteiger partial charge >= 0.3 is 5.97 Å². The van der Waals surface area contributed by atoms with Gasteiger partial charge in [-0.15, -0.1) is 0 Å². The molecular weight excluding hydrogens is 359 g/mol. The van der Waals surface area contributed by atoms with Gasteiger partial charge in [-0.25, -0.2) is 9.78 Å². The lowest BCUT2D eigenvalue weighted by atomic mass is 10.3. The van der Waals surface area contributed by atoms with Crippen molar-refractivity contribution in [2.45, 2.75) is 0 Å². The molecule has 124 valence electrons. The van der Waals surface area contributed by atoms with Crippen LogP contribution in [0.1, 0.15) is 10.4 Å². The van der Waals surface area contributed by atoms with Crippen molar-refractivity contribution in [1.29, 1.82) is 0 Å². The van der Waals surface area contributed by atoms with E-state index in [-0.39, 0.29) is 22.5 Å². The van der Waals surface area contributed by atoms with Crippen molar-refractivity contribution in [2.75, 3.05) is 18.7 Å². The molecule has 0 spiro atoms. The smallest absolute Gasteiger partial charge is 0.340 e. The number of benzene rings is 1. The predicted molar refractivity (Wildman–Crippen MR) is 85.7 cm³/mol. The highest BCUT2D eigenvalue weighted by Crippen LogP contribution is 2.34. The van der Waals surface area contributed by atoms with Gasteiger partial charge in [0.25, 0.3) is 5.91 Å². The number of amides is 1. The Morgan fingerprint density at radius 2 is 2.00 bits per heavy atom. The molecule has 2 aromatic rings. The Kier molecular flexibility index (Phi) is 4.73. The molecule has 0 fully saturated rings. The van der Waals surface area contributed by atoms with Crippen LogP contribution in [0.5, 0.6) is 11.5 Å². The lowest BCUT2D eigenvalue weighted by molar-refractivity contribution is -0.119. The summed E-state index contributed by atoms with van der Waals surface area (Å²) in [6.45, 7) is -0.324. The van der Waals surface area contributed by atoms with Crippen LogP contribution in [0.2, 0.25) is 10.2 Å². The molecule has 0 aliphatic carbocycles. The third kappa shape index (κ3) is 3.69. The van der Waals surface area contributed by atoms with Crippen molar-refractivity contribution in [3.63, 3.8) is 0 Å². The van der Waals surface area contributed by atoms with Gasteiger partial charge in [0, 0.05) is 18.0 Å². The molecular formula is C15H10Cl2N2O5. The first-order valence-electron chi connectivity index (χ1n) is 6.70. The molecule has 2 heterocycles. The largest absolute Gasteiger partial charge is 0.454 e. The maximum atomic E-state index is 11.8. The number of carbonyl (C=O) groups is 2. The van der Waals surface area contributed by atoms with E-state index in [0.717, 1.165) is 0 Å². The average molecular weight is 369 g/mol. The van der Waals surface area contributed by atoms with Gasteiger partial charge in [-0.05, 0) is 18.2 Å². The lowest BCUT2D eigenvalue weighted by Gasteiger charge is -2.07. The van der Waals surface area contributed by atoms with Gasteiger partial charge in [0.05, 0.1) is 10.6 Å². The number of ether oxygens (including phenoxy) is 3. The molecule has 1 aromatic heterocycles. The number of fused-ring (bicyclic) bond motifs is 1. The summed E-state index contributed by atoms with van der Waals surface area (Å²) in [7, 11) is 0. The second kappa shape index (κ2) is 6.94. The van der Waals surface area contributed by atoms with Crippen LogP contribution in [0.15, 0.2) is 30.5 Å². The number of nitrogens with one attached hydrogen (secondary N) is 1. The van der Waals surface area contributed by atoms with Crippen LogP contribution < -0.4 is 14.8 Å². The van der Waals surface area contributed by atoms with Crippen molar-refractivity contribution in [3.8, 4) is 11.5 Å². The topological polar surface area (TPSA) is 86.8 Å². The highest BCUT2D eigenvalue weighted by atomic mass is 35.5. The van der Waals surface area contributed by atoms with Crippen LogP contribution in [0.4, 0.5) is 5.69 Å². The Bertz CT molecular complexity index is 812. The van der Waals surface area contributed by atoms with Crippen molar-refractivity contribution >= 4 is 40.8 Å². The second-order valence-electron chi connectivity index (χ2n) is 4.69. The Balaban J connectivity index is 1.55. The molecule has 0 saturated heterocycles. The Hall–Kier alpha value is -2.51. The molecule has 24 heavy (non-hydrogen) atoms. The summed E-state index contributed by atoms with van der Waals surface area (Å²) in [6, 6.07) is 6.25. The standard InChI is InChI=1S/C15H10Cl2N2O5/c16-10-3-8(5-18-14(10)17)15(21)22-6-13(20)19-9-1-2-11-12(4-9)24-7-23-11/h1-5H,6-7H2,(H,19,20). The Labute approximate surface area is 146 Å². The van der Waals surface area contributed by atoms with E-state index in [1.54, 1.807) is 18.2 Å². The first-order valence-corrected chi connectivity index (χ1v) is 7.46. The van der Waals surface area contributed by atoms with E-state index in [2.05, 4.69) is 10.3 Å². The number of pyridine rings is 1. The molecule has 0 unspecified atom stereocenters. The summed E-state index contributed by atoms with van der Waals surface area (Å²) >= 11 is 11.4. The van der Waals surface area contributed by atoms with Gasteiger partial charge in [0.15, 0.2) is 18.1 Å². The number of carbonyl (C=O) groups excluding carboxylic acids is 2. The fourth-order valence-corrected chi connectivity index (χ4v) is 2.19. The zero-order chi connectivity index (χ0) is 17.1. The Morgan fingerprint density at radius 3 is 2.79 bits per heavy atom. The van der Waals surface area contributed by atoms with Crippen LogP contribution in [-0.2, 0) is 9.53 Å². The number of anilines is 1. The number of nitrogens with zero attached hydrogens (tertiary/aromatic N) is 1. The van der Waals surface area contributed by atoms with E-state index in [0.29, 0.717) is 17.2 Å². The quantitative estimate of drug-likeness (QED) is 0.659. The zero-order valence-electron chi connectivity index (χ0n) is 12.0. The fourth-order valence-electron chi connectivity index (χ4n) is 1.92. The van der Waals surface area contributed by atoms with Crippen molar-refractivity contribution in [2.24, 2.45) is 0 Å². The first kappa shape index (κ1) is 16.4. The molecule has 0 saturated carbocycles. The monoisotopic (exact) mass is 368 g/mol. The summed E-state index contributed by atoms with van der Waals surface area (Å²) in [5, 5.41) is 2.78. The van der Waals surface area contributed by atoms with E-state index in [9.17, 15) is 9.59 Å². The third-order valence-corrected chi connectivity index (χ3v) is 3.71. The van der Waals surface area contributed by atoms with E-state index in [1.165, 1.54) is 12.3 Å². The molecule has 0 bridgehead atoms. The number of esters is 1. The average Bonchev–Trinajstić information content (AvgIpc) is 3.03. The summed E-state index contributed by atoms with van der Waals surface area (Å²) in [6.07, 6.45) is 1.21. The van der Waals surface area contributed by atoms with E-state index < -0.39 is 18.5 Å². The molecule has 1 amide bonds. The predicted octanol–water partition coefficient (Wildman–Crippen LogP) is 2.91. The van der Waals surface area contributed by atoms with Crippen molar-refractivity contribution in [1.82, 2.24) is 4.98 Å². The molecule has 7 nitrogen and oxygen atoms in total. The van der Waals surface area contributed by atoms with Crippen LogP contribution >= 0.6 is 23.2 Å². The summed E-state index contributed by atoms with van der Waals surface area (Å²) < 4.78 is 15.3. The zero-order valence-corrected chi connectivity index (χ0v) is 13.6. The Morgan fingerprint density at radius 1 is 1.21 bits per heavy atom. The van der Waals surface area contributed by atoms with Crippen LogP contribution in [0, 0.1) is 0 Å². The maximum Gasteiger partial charge on any atom is 0.340 e. The van der Waals surface area contributed by atoms with Crippen LogP contribution in [-0.4, -0.2) is 30.3 Å². The highest BCUT2D eigenvalue weighted by Gasteiger charge is 2.16. The van der Waals surface area contributed by atoms with Gasteiger partial charge in [-0.1, -0.05) is 23.2 Å². The summed E-state index contributed by atoms with van der Waals surface area (Å²) in [5.41, 5.74) is 0.594. The molecule has 1 aliphatic rings. The van der Waals surface area contributed by atoms with Crippen LogP contribution in [0.3, 0.4) is 0 Å². The maximum absolute atomic E-state index is 11.8. The van der Waals surface area contributed by atoms with Gasteiger partial charge in [-0.2, -0.15) is 0 Å². The fraction of sp³-hybridized carbons (Fsp3) is 0.133. The van der Waals surface area contributed by atoms with Crippen LogP contribution in [0.25, 0.3) is 0 Å². The molecule has 1 aromatic carbocycles. The molecule has 1 aliphatic heterocycles.